The Morgan fingerprint density at radius 2 is 2.21 bits per heavy atom. The number of carboxylic acid groups (broad SMARTS) is 1. The first kappa shape index (κ1) is 16.2. The fourth-order valence-electron chi connectivity index (χ4n) is 3.88. The average molecular weight is 333 g/mol. The van der Waals surface area contributed by atoms with Gasteiger partial charge in [-0.25, -0.2) is 4.79 Å². The highest BCUT2D eigenvalue weighted by Gasteiger charge is 2.55. The van der Waals surface area contributed by atoms with Crippen LogP contribution in [0.25, 0.3) is 0 Å². The van der Waals surface area contributed by atoms with E-state index in [-0.39, 0.29) is 18.2 Å². The van der Waals surface area contributed by atoms with E-state index in [0.717, 1.165) is 12.8 Å². The van der Waals surface area contributed by atoms with Crippen LogP contribution in [0.5, 0.6) is 0 Å². The monoisotopic (exact) mass is 333 g/mol. The van der Waals surface area contributed by atoms with Gasteiger partial charge in [0.25, 0.3) is 5.69 Å². The first-order valence-electron chi connectivity index (χ1n) is 7.88. The molecular formula is C16H19N3O5. The molecule has 1 saturated carbocycles. The normalized spacial score (nSPS) is 25.4. The molecule has 0 aromatic heterocycles. The molecule has 0 bridgehead atoms. The van der Waals surface area contributed by atoms with Crippen molar-refractivity contribution in [3.8, 4) is 0 Å². The topological polar surface area (TPSA) is 113 Å². The molecule has 1 aliphatic heterocycles. The number of nitrogens with zero attached hydrogens (tertiary/aromatic N) is 2. The maximum absolute atomic E-state index is 12.4. The highest BCUT2D eigenvalue weighted by atomic mass is 16.6. The van der Waals surface area contributed by atoms with Crippen LogP contribution in [0.3, 0.4) is 0 Å². The summed E-state index contributed by atoms with van der Waals surface area (Å²) >= 11 is 0. The molecule has 2 atom stereocenters. The average Bonchev–Trinajstić information content (AvgIpc) is 3.06. The second kappa shape index (κ2) is 5.77. The van der Waals surface area contributed by atoms with E-state index in [4.69, 9.17) is 0 Å². The molecule has 2 N–H and O–H groups in total. The molecule has 1 aromatic carbocycles. The summed E-state index contributed by atoms with van der Waals surface area (Å²) < 4.78 is 0. The van der Waals surface area contributed by atoms with Gasteiger partial charge >= 0.3 is 12.0 Å². The van der Waals surface area contributed by atoms with E-state index < -0.39 is 22.3 Å². The van der Waals surface area contributed by atoms with Crippen LogP contribution < -0.4 is 5.32 Å². The summed E-state index contributed by atoms with van der Waals surface area (Å²) in [7, 11) is 0. The van der Waals surface area contributed by atoms with Crippen molar-refractivity contribution in [1.82, 2.24) is 4.90 Å². The summed E-state index contributed by atoms with van der Waals surface area (Å²) in [5.74, 6) is -0.862. The predicted octanol–water partition coefficient (Wildman–Crippen LogP) is 2.62. The lowest BCUT2D eigenvalue weighted by atomic mass is 9.81. The van der Waals surface area contributed by atoms with Crippen LogP contribution in [0.1, 0.15) is 24.8 Å². The lowest BCUT2D eigenvalue weighted by Gasteiger charge is -2.23. The molecular weight excluding hydrogens is 314 g/mol. The van der Waals surface area contributed by atoms with Gasteiger partial charge in [0.05, 0.1) is 10.3 Å². The number of benzene rings is 1. The van der Waals surface area contributed by atoms with Gasteiger partial charge in [-0.05, 0) is 31.7 Å². The first-order valence-corrected chi connectivity index (χ1v) is 7.88. The number of carbonyl (C=O) groups is 2. The van der Waals surface area contributed by atoms with Gasteiger partial charge < -0.3 is 15.3 Å². The van der Waals surface area contributed by atoms with Gasteiger partial charge in [0.2, 0.25) is 0 Å². The van der Waals surface area contributed by atoms with Crippen LogP contribution in [0.15, 0.2) is 18.2 Å². The third-order valence-corrected chi connectivity index (χ3v) is 5.24. The number of carbonyl (C=O) groups excluding carboxylic acids is 1. The van der Waals surface area contributed by atoms with E-state index in [1.165, 1.54) is 11.0 Å². The predicted molar refractivity (Wildman–Crippen MR) is 85.8 cm³/mol. The van der Waals surface area contributed by atoms with Gasteiger partial charge in [0, 0.05) is 30.4 Å². The van der Waals surface area contributed by atoms with Gasteiger partial charge in [0.1, 0.15) is 0 Å². The molecule has 0 radical (unpaired) electrons. The number of aliphatic carboxylic acids is 1. The lowest BCUT2D eigenvalue weighted by Crippen LogP contribution is -2.38. The van der Waals surface area contributed by atoms with Crippen molar-refractivity contribution in [2.45, 2.75) is 26.2 Å². The zero-order valence-corrected chi connectivity index (χ0v) is 13.3. The Morgan fingerprint density at radius 1 is 1.46 bits per heavy atom. The van der Waals surface area contributed by atoms with Crippen LogP contribution >= 0.6 is 0 Å². The van der Waals surface area contributed by atoms with Gasteiger partial charge in [-0.3, -0.25) is 14.9 Å². The lowest BCUT2D eigenvalue weighted by molar-refractivity contribution is -0.385. The number of hydrogen-bond acceptors (Lipinski definition) is 4. The summed E-state index contributed by atoms with van der Waals surface area (Å²) in [6, 6.07) is 4.08. The third-order valence-electron chi connectivity index (χ3n) is 5.24. The third kappa shape index (κ3) is 2.57. The van der Waals surface area contributed by atoms with Crippen LogP contribution in [-0.4, -0.2) is 40.0 Å². The number of rotatable bonds is 3. The molecule has 2 aliphatic rings. The summed E-state index contributed by atoms with van der Waals surface area (Å²) in [6.07, 6.45) is 2.27. The fraction of sp³-hybridized carbons (Fsp3) is 0.500. The number of nitro groups is 1. The van der Waals surface area contributed by atoms with Crippen LogP contribution in [0, 0.1) is 28.4 Å². The SMILES string of the molecule is Cc1ccc(NC(=O)N2C[C@@H]3CCC[C@@]3(C(=O)O)C2)cc1[N+](=O)[O-]. The first-order chi connectivity index (χ1) is 11.3. The molecule has 3 rings (SSSR count). The second-order valence-corrected chi connectivity index (χ2v) is 6.62. The van der Waals surface area contributed by atoms with Gasteiger partial charge in [-0.15, -0.1) is 0 Å². The molecule has 8 nitrogen and oxygen atoms in total. The number of carboxylic acids is 1. The zero-order chi connectivity index (χ0) is 17.5. The maximum atomic E-state index is 12.4. The Hall–Kier alpha value is -2.64. The Bertz CT molecular complexity index is 720. The van der Waals surface area contributed by atoms with E-state index in [1.54, 1.807) is 19.1 Å². The Kier molecular flexibility index (Phi) is 3.90. The molecule has 1 saturated heterocycles. The minimum Gasteiger partial charge on any atom is -0.481 e. The Balaban J connectivity index is 1.74. The number of nitro benzene ring substituents is 1. The largest absolute Gasteiger partial charge is 0.481 e. The van der Waals surface area contributed by atoms with Crippen molar-refractivity contribution in [2.75, 3.05) is 18.4 Å². The van der Waals surface area contributed by atoms with E-state index in [1.807, 2.05) is 0 Å². The van der Waals surface area contributed by atoms with E-state index in [9.17, 15) is 24.8 Å². The van der Waals surface area contributed by atoms with Crippen LogP contribution in [0.2, 0.25) is 0 Å². The van der Waals surface area contributed by atoms with Crippen molar-refractivity contribution in [3.63, 3.8) is 0 Å². The second-order valence-electron chi connectivity index (χ2n) is 6.62. The Morgan fingerprint density at radius 3 is 2.83 bits per heavy atom. The molecule has 0 spiro atoms. The van der Waals surface area contributed by atoms with Crippen LogP contribution in [0.4, 0.5) is 16.2 Å². The number of nitrogens with one attached hydrogen (secondary N) is 1. The number of likely N-dealkylation sites (tertiary alicyclic amines) is 1. The zero-order valence-electron chi connectivity index (χ0n) is 13.3. The van der Waals surface area contributed by atoms with Gasteiger partial charge in [0.15, 0.2) is 0 Å². The van der Waals surface area contributed by atoms with Crippen molar-refractivity contribution in [3.05, 3.63) is 33.9 Å². The number of anilines is 1. The van der Waals surface area contributed by atoms with E-state index in [0.29, 0.717) is 24.2 Å². The smallest absolute Gasteiger partial charge is 0.321 e. The quantitative estimate of drug-likeness (QED) is 0.652. The number of fused-ring (bicyclic) bond motifs is 1. The summed E-state index contributed by atoms with van der Waals surface area (Å²) in [6.45, 7) is 2.22. The number of urea groups is 1. The molecule has 2 fully saturated rings. The molecule has 128 valence electrons. The van der Waals surface area contributed by atoms with Crippen molar-refractivity contribution in [1.29, 1.82) is 0 Å². The summed E-state index contributed by atoms with van der Waals surface area (Å²) in [5.41, 5.74) is -0.0539. The number of amides is 2. The van der Waals surface area contributed by atoms with Crippen molar-refractivity contribution < 1.29 is 19.6 Å². The van der Waals surface area contributed by atoms with Crippen LogP contribution in [-0.2, 0) is 4.79 Å². The van der Waals surface area contributed by atoms with Crippen molar-refractivity contribution in [2.24, 2.45) is 11.3 Å². The molecule has 0 unspecified atom stereocenters. The number of hydrogen-bond donors (Lipinski definition) is 2. The summed E-state index contributed by atoms with van der Waals surface area (Å²) in [5, 5.41) is 23.2. The minimum absolute atomic E-state index is 0.0203. The maximum Gasteiger partial charge on any atom is 0.321 e. The number of aryl methyl sites for hydroxylation is 1. The molecule has 1 heterocycles. The molecule has 8 heteroatoms. The minimum atomic E-state index is -0.841. The molecule has 2 amide bonds. The molecule has 1 aliphatic carbocycles. The van der Waals surface area contributed by atoms with Gasteiger partial charge in [-0.1, -0.05) is 12.5 Å². The highest BCUT2D eigenvalue weighted by Crippen LogP contribution is 2.48. The molecule has 1 aromatic rings. The van der Waals surface area contributed by atoms with Crippen molar-refractivity contribution >= 4 is 23.4 Å². The van der Waals surface area contributed by atoms with Gasteiger partial charge in [-0.2, -0.15) is 0 Å². The standard InChI is InChI=1S/C16H19N3O5/c1-10-4-5-12(7-13(10)19(23)24)17-15(22)18-8-11-3-2-6-16(11,9-18)14(20)21/h4-5,7,11H,2-3,6,8-9H2,1H3,(H,17,22)(H,20,21)/t11-,16+/m0/s1. The van der Waals surface area contributed by atoms with E-state index >= 15 is 0 Å². The fourth-order valence-corrected chi connectivity index (χ4v) is 3.88. The highest BCUT2D eigenvalue weighted by molar-refractivity contribution is 5.91. The molecule has 24 heavy (non-hydrogen) atoms. The van der Waals surface area contributed by atoms with E-state index in [2.05, 4.69) is 5.32 Å². The summed E-state index contributed by atoms with van der Waals surface area (Å²) in [4.78, 5) is 36.1. The Labute approximate surface area is 138 Å².